The van der Waals surface area contributed by atoms with Gasteiger partial charge in [-0.3, -0.25) is 0 Å². The second-order valence-electron chi connectivity index (χ2n) is 9.58. The minimum atomic E-state index is -0.0535. The number of carbonyl (C=O) groups is 1. The van der Waals surface area contributed by atoms with Crippen molar-refractivity contribution in [2.24, 2.45) is 0 Å². The number of nitrogens with zero attached hydrogens (tertiary/aromatic N) is 4. The predicted octanol–water partition coefficient (Wildman–Crippen LogP) is 6.69. The molecule has 6 nitrogen and oxygen atoms in total. The lowest BCUT2D eigenvalue weighted by Crippen LogP contribution is -2.42. The maximum absolute atomic E-state index is 13.1. The molecule has 2 aromatic carbocycles. The summed E-state index contributed by atoms with van der Waals surface area (Å²) in [5.74, 6) is 1.21. The third-order valence-corrected chi connectivity index (χ3v) is 7.98. The zero-order valence-electron chi connectivity index (χ0n) is 20.5. The highest BCUT2D eigenvalue weighted by atomic mass is 32.1. The van der Waals surface area contributed by atoms with Gasteiger partial charge in [-0.05, 0) is 55.3 Å². The van der Waals surface area contributed by atoms with Crippen molar-refractivity contribution in [3.05, 3.63) is 84.1 Å². The first-order valence-corrected chi connectivity index (χ1v) is 13.2. The normalized spacial score (nSPS) is 15.9. The van der Waals surface area contributed by atoms with E-state index in [1.807, 2.05) is 48.2 Å². The lowest BCUT2D eigenvalue weighted by molar-refractivity contribution is 0.191. The summed E-state index contributed by atoms with van der Waals surface area (Å²) in [4.78, 5) is 22.3. The van der Waals surface area contributed by atoms with Crippen molar-refractivity contribution >= 4 is 44.3 Å². The van der Waals surface area contributed by atoms with Crippen LogP contribution in [0.25, 0.3) is 26.9 Å². The molecule has 1 fully saturated rings. The standard InChI is InChI=1S/C29H29N5OS/c1-32(2)22-14-12-21(13-15-22)30-29(35)33-16-7-8-20(18-33)28-31-27(25-10-5-6-17-34(25)28)24-19-36-26-11-4-3-9-23(24)26/h3-6,9-15,17,19-20H,7-8,16,18H2,1-2H3,(H,30,35)/t20-/m1/s1. The summed E-state index contributed by atoms with van der Waals surface area (Å²) in [7, 11) is 4.01. The Labute approximate surface area is 214 Å². The van der Waals surface area contributed by atoms with Gasteiger partial charge in [0, 0.05) is 71.7 Å². The average molecular weight is 496 g/mol. The number of nitrogens with one attached hydrogen (secondary N) is 1. The van der Waals surface area contributed by atoms with Gasteiger partial charge in [-0.25, -0.2) is 9.78 Å². The van der Waals surface area contributed by atoms with Gasteiger partial charge in [-0.15, -0.1) is 11.3 Å². The Balaban J connectivity index is 1.28. The first-order valence-electron chi connectivity index (χ1n) is 12.4. The number of thiophene rings is 1. The molecular formula is C29H29N5OS. The number of rotatable bonds is 4. The van der Waals surface area contributed by atoms with E-state index in [0.717, 1.165) is 47.8 Å². The molecule has 5 aromatic rings. The number of likely N-dealkylation sites (tertiary alicyclic amines) is 1. The van der Waals surface area contributed by atoms with E-state index in [4.69, 9.17) is 4.98 Å². The minimum absolute atomic E-state index is 0.0535. The fourth-order valence-corrected chi connectivity index (χ4v) is 6.07. The number of pyridine rings is 1. The van der Waals surface area contributed by atoms with Gasteiger partial charge < -0.3 is 19.5 Å². The van der Waals surface area contributed by atoms with Crippen LogP contribution in [0, 0.1) is 0 Å². The van der Waals surface area contributed by atoms with E-state index in [0.29, 0.717) is 6.54 Å². The summed E-state index contributed by atoms with van der Waals surface area (Å²) < 4.78 is 3.48. The highest BCUT2D eigenvalue weighted by molar-refractivity contribution is 7.17. The van der Waals surface area contributed by atoms with Crippen LogP contribution in [0.15, 0.2) is 78.3 Å². The molecule has 1 aliphatic heterocycles. The smallest absolute Gasteiger partial charge is 0.321 e. The largest absolute Gasteiger partial charge is 0.378 e. The summed E-state index contributed by atoms with van der Waals surface area (Å²) >= 11 is 1.76. The van der Waals surface area contributed by atoms with Crippen LogP contribution in [-0.4, -0.2) is 47.5 Å². The number of carbonyl (C=O) groups excluding carboxylic acids is 1. The maximum atomic E-state index is 13.1. The van der Waals surface area contributed by atoms with Gasteiger partial charge in [0.1, 0.15) is 5.82 Å². The zero-order chi connectivity index (χ0) is 24.6. The van der Waals surface area contributed by atoms with Crippen LogP contribution >= 0.6 is 11.3 Å². The molecule has 1 saturated heterocycles. The fraction of sp³-hybridized carbons (Fsp3) is 0.241. The van der Waals surface area contributed by atoms with Crippen LogP contribution in [0.3, 0.4) is 0 Å². The molecule has 3 aromatic heterocycles. The highest BCUT2D eigenvalue weighted by Gasteiger charge is 2.29. The Morgan fingerprint density at radius 2 is 1.86 bits per heavy atom. The monoisotopic (exact) mass is 495 g/mol. The van der Waals surface area contributed by atoms with Gasteiger partial charge in [-0.1, -0.05) is 24.3 Å². The van der Waals surface area contributed by atoms with Crippen LogP contribution in [0.2, 0.25) is 0 Å². The van der Waals surface area contributed by atoms with Crippen molar-refractivity contribution < 1.29 is 4.79 Å². The van der Waals surface area contributed by atoms with Gasteiger partial charge in [-0.2, -0.15) is 0 Å². The number of fused-ring (bicyclic) bond motifs is 2. The molecule has 0 unspecified atom stereocenters. The summed E-state index contributed by atoms with van der Waals surface area (Å²) in [6.45, 7) is 1.41. The number of hydrogen-bond acceptors (Lipinski definition) is 4. The zero-order valence-corrected chi connectivity index (χ0v) is 21.3. The van der Waals surface area contributed by atoms with Gasteiger partial charge in [0.05, 0.1) is 11.2 Å². The number of hydrogen-bond donors (Lipinski definition) is 1. The van der Waals surface area contributed by atoms with Crippen molar-refractivity contribution in [2.45, 2.75) is 18.8 Å². The van der Waals surface area contributed by atoms with E-state index in [9.17, 15) is 4.79 Å². The number of benzene rings is 2. The van der Waals surface area contributed by atoms with Crippen molar-refractivity contribution in [3.8, 4) is 11.3 Å². The quantitative estimate of drug-likeness (QED) is 0.302. The first-order chi connectivity index (χ1) is 17.6. The molecule has 4 heterocycles. The van der Waals surface area contributed by atoms with Crippen LogP contribution in [-0.2, 0) is 0 Å². The molecule has 0 bridgehead atoms. The molecule has 0 radical (unpaired) electrons. The molecule has 0 aliphatic carbocycles. The van der Waals surface area contributed by atoms with Gasteiger partial charge in [0.2, 0.25) is 0 Å². The molecule has 1 aliphatic rings. The molecule has 7 heteroatoms. The van der Waals surface area contributed by atoms with Crippen LogP contribution < -0.4 is 10.2 Å². The number of aromatic nitrogens is 2. The van der Waals surface area contributed by atoms with E-state index < -0.39 is 0 Å². The molecule has 6 rings (SSSR count). The average Bonchev–Trinajstić information content (AvgIpc) is 3.51. The number of anilines is 2. The molecule has 182 valence electrons. The minimum Gasteiger partial charge on any atom is -0.378 e. The fourth-order valence-electron chi connectivity index (χ4n) is 5.13. The molecule has 0 spiro atoms. The Morgan fingerprint density at radius 1 is 1.06 bits per heavy atom. The van der Waals surface area contributed by atoms with Crippen molar-refractivity contribution in [3.63, 3.8) is 0 Å². The Hall–Kier alpha value is -3.84. The maximum Gasteiger partial charge on any atom is 0.321 e. The SMILES string of the molecule is CN(C)c1ccc(NC(=O)N2CCC[C@@H](c3nc(-c4csc5ccccc45)c4ccccn34)C2)cc1. The van der Waals surface area contributed by atoms with Crippen molar-refractivity contribution in [2.75, 3.05) is 37.4 Å². The summed E-state index contributed by atoms with van der Waals surface area (Å²) in [6, 6.07) is 22.6. The molecule has 0 saturated carbocycles. The summed E-state index contributed by atoms with van der Waals surface area (Å²) in [5, 5.41) is 6.53. The van der Waals surface area contributed by atoms with Gasteiger partial charge in [0.25, 0.3) is 0 Å². The van der Waals surface area contributed by atoms with Crippen molar-refractivity contribution in [1.82, 2.24) is 14.3 Å². The van der Waals surface area contributed by atoms with Crippen LogP contribution in [0.4, 0.5) is 16.2 Å². The summed E-state index contributed by atoms with van der Waals surface area (Å²) in [6.07, 6.45) is 4.07. The number of urea groups is 1. The topological polar surface area (TPSA) is 52.9 Å². The first kappa shape index (κ1) is 22.6. The highest BCUT2D eigenvalue weighted by Crippen LogP contribution is 2.38. The molecule has 2 amide bonds. The lowest BCUT2D eigenvalue weighted by atomic mass is 9.97. The van der Waals surface area contributed by atoms with Gasteiger partial charge >= 0.3 is 6.03 Å². The van der Waals surface area contributed by atoms with Crippen LogP contribution in [0.5, 0.6) is 0 Å². The van der Waals surface area contributed by atoms with E-state index in [2.05, 4.69) is 63.8 Å². The number of piperidine rings is 1. The lowest BCUT2D eigenvalue weighted by Gasteiger charge is -2.32. The Morgan fingerprint density at radius 3 is 2.69 bits per heavy atom. The van der Waals surface area contributed by atoms with Crippen LogP contribution in [0.1, 0.15) is 24.6 Å². The molecular weight excluding hydrogens is 466 g/mol. The molecule has 1 N–H and O–H groups in total. The third-order valence-electron chi connectivity index (χ3n) is 7.02. The van der Waals surface area contributed by atoms with E-state index in [1.165, 1.54) is 15.6 Å². The third kappa shape index (κ3) is 4.09. The predicted molar refractivity (Wildman–Crippen MR) is 149 cm³/mol. The van der Waals surface area contributed by atoms with Crippen molar-refractivity contribution in [1.29, 1.82) is 0 Å². The molecule has 36 heavy (non-hydrogen) atoms. The van der Waals surface area contributed by atoms with E-state index in [1.54, 1.807) is 11.3 Å². The van der Waals surface area contributed by atoms with E-state index in [-0.39, 0.29) is 11.9 Å². The summed E-state index contributed by atoms with van der Waals surface area (Å²) in [5.41, 5.74) is 5.22. The Kier molecular flexibility index (Phi) is 5.85. The number of amides is 2. The Bertz CT molecular complexity index is 1530. The second kappa shape index (κ2) is 9.32. The van der Waals surface area contributed by atoms with Gasteiger partial charge in [0.15, 0.2) is 0 Å². The second-order valence-corrected chi connectivity index (χ2v) is 10.5. The van der Waals surface area contributed by atoms with E-state index >= 15 is 0 Å². The number of imidazole rings is 1. The molecule has 1 atom stereocenters.